The molecule has 0 amide bonds. The zero-order valence-electron chi connectivity index (χ0n) is 15.3. The van der Waals surface area contributed by atoms with Gasteiger partial charge in [-0.3, -0.25) is 0 Å². The Kier molecular flexibility index (Phi) is 3.50. The van der Waals surface area contributed by atoms with Crippen molar-refractivity contribution in [3.63, 3.8) is 0 Å². The van der Waals surface area contributed by atoms with Gasteiger partial charge in [-0.15, -0.1) is 6.58 Å². The Morgan fingerprint density at radius 2 is 1.59 bits per heavy atom. The number of nitrogens with two attached hydrogens (primary N) is 1. The molecule has 0 bridgehead atoms. The van der Waals surface area contributed by atoms with Crippen LogP contribution in [0.25, 0.3) is 0 Å². The summed E-state index contributed by atoms with van der Waals surface area (Å²) in [6.07, 6.45) is 1.57. The maximum Gasteiger partial charge on any atom is 0.340 e. The van der Waals surface area contributed by atoms with Crippen LogP contribution < -0.4 is 10.5 Å². The fraction of sp³-hybridized carbons (Fsp3) is 0.0870. The minimum absolute atomic E-state index is 0.00878. The fourth-order valence-corrected chi connectivity index (χ4v) is 4.18. The third-order valence-electron chi connectivity index (χ3n) is 5.45. The summed E-state index contributed by atoms with van der Waals surface area (Å²) in [4.78, 5) is 13.1. The molecular weight excluding hydrogens is 370 g/mol. The van der Waals surface area contributed by atoms with Crippen LogP contribution >= 0.6 is 0 Å². The van der Waals surface area contributed by atoms with Crippen LogP contribution in [0.5, 0.6) is 23.0 Å². The van der Waals surface area contributed by atoms with Crippen LogP contribution in [-0.4, -0.2) is 16.2 Å². The molecule has 2 aliphatic rings. The van der Waals surface area contributed by atoms with Gasteiger partial charge in [0.05, 0.1) is 5.56 Å². The van der Waals surface area contributed by atoms with E-state index in [9.17, 15) is 15.0 Å². The molecule has 6 heteroatoms. The number of hydrogen-bond acceptors (Lipinski definition) is 6. The number of benzene rings is 3. The molecule has 29 heavy (non-hydrogen) atoms. The van der Waals surface area contributed by atoms with Gasteiger partial charge in [-0.2, -0.15) is 0 Å². The number of ether oxygens (including phenoxy) is 2. The molecule has 0 fully saturated rings. The molecule has 0 radical (unpaired) electrons. The van der Waals surface area contributed by atoms with E-state index in [1.807, 2.05) is 12.1 Å². The smallest absolute Gasteiger partial charge is 0.340 e. The van der Waals surface area contributed by atoms with E-state index in [0.717, 1.165) is 0 Å². The van der Waals surface area contributed by atoms with E-state index in [1.54, 1.807) is 24.3 Å². The van der Waals surface area contributed by atoms with Gasteiger partial charge in [-0.05, 0) is 29.8 Å². The van der Waals surface area contributed by atoms with E-state index in [4.69, 9.17) is 15.2 Å². The zero-order chi connectivity index (χ0) is 20.3. The van der Waals surface area contributed by atoms with Gasteiger partial charge in [-0.1, -0.05) is 24.3 Å². The number of phenolic OH excluding ortho intramolecular Hbond substituents is 2. The van der Waals surface area contributed by atoms with Crippen LogP contribution in [-0.2, 0) is 10.3 Å². The van der Waals surface area contributed by atoms with Crippen molar-refractivity contribution in [2.75, 3.05) is 0 Å². The fourth-order valence-electron chi connectivity index (χ4n) is 4.18. The highest BCUT2D eigenvalue weighted by atomic mass is 16.6. The first-order chi connectivity index (χ1) is 14.0. The minimum Gasteiger partial charge on any atom is -0.508 e. The first kappa shape index (κ1) is 17.3. The van der Waals surface area contributed by atoms with Gasteiger partial charge in [0.2, 0.25) is 0 Å². The van der Waals surface area contributed by atoms with E-state index in [2.05, 4.69) is 6.58 Å². The summed E-state index contributed by atoms with van der Waals surface area (Å²) >= 11 is 0. The predicted molar refractivity (Wildman–Crippen MR) is 105 cm³/mol. The summed E-state index contributed by atoms with van der Waals surface area (Å²) in [5.74, 6) is 0.182. The molecule has 1 unspecified atom stereocenters. The lowest BCUT2D eigenvalue weighted by Gasteiger charge is -2.36. The quantitative estimate of drug-likeness (QED) is 0.456. The Hall–Kier alpha value is -3.77. The van der Waals surface area contributed by atoms with Gasteiger partial charge in [0.15, 0.2) is 5.60 Å². The normalized spacial score (nSPS) is 16.2. The number of hydrogen-bond donors (Lipinski definition) is 3. The van der Waals surface area contributed by atoms with Crippen molar-refractivity contribution in [2.24, 2.45) is 5.73 Å². The van der Waals surface area contributed by atoms with Gasteiger partial charge in [0.1, 0.15) is 23.0 Å². The van der Waals surface area contributed by atoms with Gasteiger partial charge >= 0.3 is 5.97 Å². The van der Waals surface area contributed by atoms with Crippen LogP contribution in [0.2, 0.25) is 0 Å². The molecule has 0 saturated carbocycles. The van der Waals surface area contributed by atoms with Gasteiger partial charge in [0, 0.05) is 34.9 Å². The standard InChI is InChI=1S/C23H17NO5/c1-2-18(24)14-4-3-5-17-21(14)22(27)29-23(17)15-8-6-12(25)10-19(15)28-20-11-13(26)7-9-16(20)23/h2-11,18,25-26H,1,24H2. The first-order valence-electron chi connectivity index (χ1n) is 9.05. The Bertz CT molecular complexity index is 1150. The predicted octanol–water partition coefficient (Wildman–Crippen LogP) is 3.85. The van der Waals surface area contributed by atoms with Crippen molar-refractivity contribution < 1.29 is 24.5 Å². The highest BCUT2D eigenvalue weighted by molar-refractivity contribution is 5.98. The molecule has 0 aromatic heterocycles. The Morgan fingerprint density at radius 1 is 0.966 bits per heavy atom. The second-order valence-electron chi connectivity index (χ2n) is 7.06. The number of esters is 1. The summed E-state index contributed by atoms with van der Waals surface area (Å²) in [6, 6.07) is 14.2. The van der Waals surface area contributed by atoms with Crippen molar-refractivity contribution in [3.8, 4) is 23.0 Å². The molecule has 1 spiro atoms. The van der Waals surface area contributed by atoms with Crippen molar-refractivity contribution in [3.05, 3.63) is 95.1 Å². The number of carbonyl (C=O) groups excluding carboxylic acids is 1. The van der Waals surface area contributed by atoms with Crippen LogP contribution in [0.4, 0.5) is 0 Å². The Balaban J connectivity index is 1.89. The number of fused-ring (bicyclic) bond motifs is 6. The largest absolute Gasteiger partial charge is 0.508 e. The summed E-state index contributed by atoms with van der Waals surface area (Å²) in [5, 5.41) is 19.9. The monoisotopic (exact) mass is 387 g/mol. The van der Waals surface area contributed by atoms with Crippen LogP contribution in [0.1, 0.15) is 38.7 Å². The topological polar surface area (TPSA) is 102 Å². The number of carbonyl (C=O) groups is 1. The van der Waals surface area contributed by atoms with Gasteiger partial charge < -0.3 is 25.4 Å². The van der Waals surface area contributed by atoms with Crippen LogP contribution in [0.15, 0.2) is 67.3 Å². The lowest BCUT2D eigenvalue weighted by Crippen LogP contribution is -2.32. The highest BCUT2D eigenvalue weighted by Crippen LogP contribution is 2.57. The average Bonchev–Trinajstić information content (AvgIpc) is 3.00. The highest BCUT2D eigenvalue weighted by Gasteiger charge is 2.54. The van der Waals surface area contributed by atoms with E-state index in [1.165, 1.54) is 24.3 Å². The third-order valence-corrected chi connectivity index (χ3v) is 5.45. The maximum atomic E-state index is 13.1. The van der Waals surface area contributed by atoms with Crippen molar-refractivity contribution in [2.45, 2.75) is 11.6 Å². The van der Waals surface area contributed by atoms with Crippen molar-refractivity contribution in [1.29, 1.82) is 0 Å². The maximum absolute atomic E-state index is 13.1. The summed E-state index contributed by atoms with van der Waals surface area (Å²) in [6.45, 7) is 3.73. The molecule has 5 rings (SSSR count). The summed E-state index contributed by atoms with van der Waals surface area (Å²) < 4.78 is 12.0. The zero-order valence-corrected chi connectivity index (χ0v) is 15.3. The van der Waals surface area contributed by atoms with E-state index >= 15 is 0 Å². The number of phenols is 2. The van der Waals surface area contributed by atoms with Crippen LogP contribution in [0.3, 0.4) is 0 Å². The summed E-state index contributed by atoms with van der Waals surface area (Å²) in [7, 11) is 0. The second-order valence-corrected chi connectivity index (χ2v) is 7.06. The average molecular weight is 387 g/mol. The second kappa shape index (κ2) is 5.86. The number of rotatable bonds is 2. The molecule has 4 N–H and O–H groups in total. The Morgan fingerprint density at radius 3 is 2.17 bits per heavy atom. The summed E-state index contributed by atoms with van der Waals surface area (Å²) in [5.41, 5.74) is 7.65. The van der Waals surface area contributed by atoms with E-state index < -0.39 is 17.6 Å². The molecule has 2 aliphatic heterocycles. The molecule has 0 aliphatic carbocycles. The number of aromatic hydroxyl groups is 2. The lowest BCUT2D eigenvalue weighted by atomic mass is 9.76. The SMILES string of the molecule is C=CC(N)c1cccc2c1C(=O)OC21c2ccc(O)cc2Oc2cc(O)ccc21. The van der Waals surface area contributed by atoms with Crippen molar-refractivity contribution in [1.82, 2.24) is 0 Å². The van der Waals surface area contributed by atoms with Gasteiger partial charge in [0.25, 0.3) is 0 Å². The van der Waals surface area contributed by atoms with Gasteiger partial charge in [-0.25, -0.2) is 4.79 Å². The molecular formula is C23H17NO5. The Labute approximate surface area is 166 Å². The molecule has 6 nitrogen and oxygen atoms in total. The molecule has 2 heterocycles. The van der Waals surface area contributed by atoms with E-state index in [-0.39, 0.29) is 11.5 Å². The molecule has 1 atom stereocenters. The molecule has 3 aromatic rings. The lowest BCUT2D eigenvalue weighted by molar-refractivity contribution is 0.0223. The van der Waals surface area contributed by atoms with Crippen molar-refractivity contribution >= 4 is 5.97 Å². The third kappa shape index (κ3) is 2.23. The van der Waals surface area contributed by atoms with E-state index in [0.29, 0.717) is 39.3 Å². The molecule has 0 saturated heterocycles. The van der Waals surface area contributed by atoms with Crippen LogP contribution in [0, 0.1) is 0 Å². The molecule has 144 valence electrons. The molecule has 3 aromatic carbocycles. The minimum atomic E-state index is -1.28. The first-order valence-corrected chi connectivity index (χ1v) is 9.05.